The van der Waals surface area contributed by atoms with Gasteiger partial charge in [0.05, 0.1) is 18.2 Å². The third-order valence-corrected chi connectivity index (χ3v) is 4.02. The van der Waals surface area contributed by atoms with Gasteiger partial charge in [0, 0.05) is 0 Å². The second-order valence-corrected chi connectivity index (χ2v) is 5.23. The first-order valence-electron chi connectivity index (χ1n) is 6.02. The Kier molecular flexibility index (Phi) is 3.61. The zero-order valence-electron chi connectivity index (χ0n) is 10.6. The summed E-state index contributed by atoms with van der Waals surface area (Å²) in [5.41, 5.74) is 0.513. The van der Waals surface area contributed by atoms with Gasteiger partial charge in [-0.25, -0.2) is 14.6 Å². The van der Waals surface area contributed by atoms with Crippen molar-refractivity contribution >= 4 is 22.8 Å². The summed E-state index contributed by atoms with van der Waals surface area (Å²) in [5, 5.41) is 34.6. The van der Waals surface area contributed by atoms with E-state index in [1.807, 2.05) is 6.26 Å². The quantitative estimate of drug-likeness (QED) is 0.496. The van der Waals surface area contributed by atoms with Crippen LogP contribution in [0.5, 0.6) is 0 Å². The van der Waals surface area contributed by atoms with Gasteiger partial charge in [0.25, 0.3) is 0 Å². The molecule has 3 N–H and O–H groups in total. The van der Waals surface area contributed by atoms with Crippen molar-refractivity contribution in [3.8, 4) is 0 Å². The molecule has 0 amide bonds. The largest absolute Gasteiger partial charge is 0.394 e. The van der Waals surface area contributed by atoms with Crippen molar-refractivity contribution in [2.75, 3.05) is 12.9 Å². The first-order valence-corrected chi connectivity index (χ1v) is 7.24. The molecule has 2 aromatic rings. The number of ether oxygens (including phenoxy) is 1. The van der Waals surface area contributed by atoms with Crippen LogP contribution in [-0.2, 0) is 4.74 Å². The van der Waals surface area contributed by atoms with E-state index in [-0.39, 0.29) is 6.61 Å². The molecule has 0 radical (unpaired) electrons. The van der Waals surface area contributed by atoms with Crippen molar-refractivity contribution in [1.29, 1.82) is 0 Å². The minimum Gasteiger partial charge on any atom is -0.394 e. The number of hydrogen-bond donors (Lipinski definition) is 3. The van der Waals surface area contributed by atoms with Crippen molar-refractivity contribution in [2.45, 2.75) is 29.6 Å². The predicted octanol–water partition coefficient (Wildman–Crippen LogP) is -0.840. The van der Waals surface area contributed by atoms with Crippen LogP contribution in [0.3, 0.4) is 0 Å². The van der Waals surface area contributed by atoms with Crippen LogP contribution in [0.15, 0.2) is 17.6 Å². The molecule has 1 aliphatic rings. The van der Waals surface area contributed by atoms with Crippen LogP contribution in [0.1, 0.15) is 6.23 Å². The summed E-state index contributed by atoms with van der Waals surface area (Å²) in [5.74, 6) is 0. The van der Waals surface area contributed by atoms with Crippen molar-refractivity contribution in [3.63, 3.8) is 0 Å². The third kappa shape index (κ3) is 1.98. The predicted molar refractivity (Wildman–Crippen MR) is 70.1 cm³/mol. The molecular weight excluding hydrogens is 284 g/mol. The van der Waals surface area contributed by atoms with E-state index in [4.69, 9.17) is 9.84 Å². The summed E-state index contributed by atoms with van der Waals surface area (Å²) in [7, 11) is 0. The molecule has 9 heteroatoms. The average Bonchev–Trinajstić information content (AvgIpc) is 3.01. The number of aliphatic hydroxyl groups is 3. The van der Waals surface area contributed by atoms with Gasteiger partial charge < -0.3 is 20.1 Å². The standard InChI is InChI=1S/C11H14N4O4S/c1-20-10-5-2-14-15(9(5)12-4-13-10)11-8(18)7(17)6(3-16)19-11/h2,4,6-8,11,16-18H,3H2,1H3/t6-,7-,8-,11?/m1/s1. The molecule has 20 heavy (non-hydrogen) atoms. The number of aromatic nitrogens is 4. The normalized spacial score (nSPS) is 30.2. The van der Waals surface area contributed by atoms with Crippen molar-refractivity contribution in [3.05, 3.63) is 12.5 Å². The Morgan fingerprint density at radius 1 is 1.35 bits per heavy atom. The van der Waals surface area contributed by atoms with Crippen molar-refractivity contribution in [1.82, 2.24) is 19.7 Å². The van der Waals surface area contributed by atoms with Gasteiger partial charge in [-0.1, -0.05) is 0 Å². The van der Waals surface area contributed by atoms with E-state index in [0.29, 0.717) is 5.65 Å². The molecule has 0 aromatic carbocycles. The Hall–Kier alpha value is -1.26. The second-order valence-electron chi connectivity index (χ2n) is 4.44. The molecule has 3 rings (SSSR count). The average molecular weight is 298 g/mol. The summed E-state index contributed by atoms with van der Waals surface area (Å²) in [4.78, 5) is 8.28. The fourth-order valence-corrected chi connectivity index (χ4v) is 2.79. The van der Waals surface area contributed by atoms with E-state index in [9.17, 15) is 10.2 Å². The van der Waals surface area contributed by atoms with E-state index in [2.05, 4.69) is 15.1 Å². The summed E-state index contributed by atoms with van der Waals surface area (Å²) < 4.78 is 6.85. The molecule has 0 spiro atoms. The highest BCUT2D eigenvalue weighted by Gasteiger charge is 2.44. The maximum absolute atomic E-state index is 10.0. The summed E-state index contributed by atoms with van der Waals surface area (Å²) in [6, 6.07) is 0. The van der Waals surface area contributed by atoms with Gasteiger partial charge >= 0.3 is 0 Å². The van der Waals surface area contributed by atoms with E-state index in [1.54, 1.807) is 6.20 Å². The van der Waals surface area contributed by atoms with Crippen LogP contribution in [0.25, 0.3) is 11.0 Å². The Morgan fingerprint density at radius 3 is 2.80 bits per heavy atom. The number of aliphatic hydroxyl groups excluding tert-OH is 3. The Labute approximate surface area is 118 Å². The zero-order valence-corrected chi connectivity index (χ0v) is 11.4. The topological polar surface area (TPSA) is 114 Å². The zero-order chi connectivity index (χ0) is 14.3. The first kappa shape index (κ1) is 13.7. The highest BCUT2D eigenvalue weighted by atomic mass is 32.2. The fraction of sp³-hybridized carbons (Fsp3) is 0.545. The molecule has 3 heterocycles. The maximum atomic E-state index is 10.0. The number of thioether (sulfide) groups is 1. The Morgan fingerprint density at radius 2 is 2.15 bits per heavy atom. The van der Waals surface area contributed by atoms with E-state index >= 15 is 0 Å². The second kappa shape index (κ2) is 5.26. The van der Waals surface area contributed by atoms with Gasteiger partial charge in [-0.3, -0.25) is 0 Å². The Balaban J connectivity index is 2.03. The molecule has 8 nitrogen and oxygen atoms in total. The van der Waals surface area contributed by atoms with Gasteiger partial charge in [0.15, 0.2) is 11.9 Å². The lowest BCUT2D eigenvalue weighted by atomic mass is 10.1. The smallest absolute Gasteiger partial charge is 0.181 e. The van der Waals surface area contributed by atoms with Gasteiger partial charge in [0.2, 0.25) is 0 Å². The SMILES string of the molecule is CSc1ncnc2c1cnn2C1O[C@H](CO)[C@@H](O)[C@H]1O. The van der Waals surface area contributed by atoms with Gasteiger partial charge in [0.1, 0.15) is 29.7 Å². The van der Waals surface area contributed by atoms with Crippen LogP contribution in [0, 0.1) is 0 Å². The van der Waals surface area contributed by atoms with E-state index in [1.165, 1.54) is 22.8 Å². The lowest BCUT2D eigenvalue weighted by Gasteiger charge is -2.15. The maximum Gasteiger partial charge on any atom is 0.181 e. The molecule has 1 saturated heterocycles. The third-order valence-electron chi connectivity index (χ3n) is 3.31. The minimum absolute atomic E-state index is 0.376. The summed E-state index contributed by atoms with van der Waals surface area (Å²) >= 11 is 1.46. The lowest BCUT2D eigenvalue weighted by molar-refractivity contribution is -0.0566. The molecule has 1 unspecified atom stereocenters. The van der Waals surface area contributed by atoms with Crippen LogP contribution < -0.4 is 0 Å². The summed E-state index contributed by atoms with van der Waals surface area (Å²) in [6.45, 7) is -0.376. The molecule has 0 bridgehead atoms. The van der Waals surface area contributed by atoms with Crippen LogP contribution in [-0.4, -0.2) is 66.2 Å². The fourth-order valence-electron chi connectivity index (χ4n) is 2.27. The van der Waals surface area contributed by atoms with E-state index < -0.39 is 24.5 Å². The molecule has 2 aromatic heterocycles. The molecule has 0 aliphatic carbocycles. The van der Waals surface area contributed by atoms with Crippen LogP contribution in [0.2, 0.25) is 0 Å². The molecule has 1 fully saturated rings. The lowest BCUT2D eigenvalue weighted by Crippen LogP contribution is -2.33. The monoisotopic (exact) mass is 298 g/mol. The van der Waals surface area contributed by atoms with Gasteiger partial charge in [-0.05, 0) is 6.26 Å². The van der Waals surface area contributed by atoms with Gasteiger partial charge in [-0.2, -0.15) is 5.10 Å². The molecule has 1 aliphatic heterocycles. The molecule has 0 saturated carbocycles. The van der Waals surface area contributed by atoms with E-state index in [0.717, 1.165) is 10.4 Å². The number of hydrogen-bond acceptors (Lipinski definition) is 8. The van der Waals surface area contributed by atoms with Crippen molar-refractivity contribution in [2.24, 2.45) is 0 Å². The molecule has 4 atom stereocenters. The number of nitrogens with zero attached hydrogens (tertiary/aromatic N) is 4. The highest BCUT2D eigenvalue weighted by Crippen LogP contribution is 2.32. The first-order chi connectivity index (χ1) is 9.67. The minimum atomic E-state index is -1.18. The van der Waals surface area contributed by atoms with Crippen LogP contribution >= 0.6 is 11.8 Å². The Bertz CT molecular complexity index is 621. The van der Waals surface area contributed by atoms with Gasteiger partial charge in [-0.15, -0.1) is 11.8 Å². The summed E-state index contributed by atoms with van der Waals surface area (Å²) in [6.07, 6.45) is 0.837. The van der Waals surface area contributed by atoms with Crippen molar-refractivity contribution < 1.29 is 20.1 Å². The molecular formula is C11H14N4O4S. The number of rotatable bonds is 3. The molecule has 108 valence electrons. The number of fused-ring (bicyclic) bond motifs is 1. The van der Waals surface area contributed by atoms with Crippen LogP contribution in [0.4, 0.5) is 0 Å². The highest BCUT2D eigenvalue weighted by molar-refractivity contribution is 7.98.